The van der Waals surface area contributed by atoms with Crippen molar-refractivity contribution in [3.05, 3.63) is 59.2 Å². The van der Waals surface area contributed by atoms with Crippen LogP contribution in [0.3, 0.4) is 0 Å². The minimum Gasteiger partial charge on any atom is -0.398 e. The molecule has 4 nitrogen and oxygen atoms in total. The van der Waals surface area contributed by atoms with Crippen LogP contribution in [0, 0.1) is 18.3 Å². The second-order valence-corrected chi connectivity index (χ2v) is 4.18. The normalized spacial score (nSPS) is 9.68. The molecule has 2 aromatic carbocycles. The van der Waals surface area contributed by atoms with Gasteiger partial charge in [0.25, 0.3) is 5.91 Å². The predicted octanol–water partition coefficient (Wildman–Crippen LogP) is 2.70. The van der Waals surface area contributed by atoms with Gasteiger partial charge in [-0.05, 0) is 36.8 Å². The number of nitrogens with zero attached hydrogens (tertiary/aromatic N) is 1. The van der Waals surface area contributed by atoms with Gasteiger partial charge >= 0.3 is 0 Å². The molecule has 0 heterocycles. The number of aryl methyl sites for hydroxylation is 1. The number of nitrogen functional groups attached to an aromatic ring is 1. The van der Waals surface area contributed by atoms with Gasteiger partial charge in [-0.1, -0.05) is 18.2 Å². The molecule has 0 saturated heterocycles. The van der Waals surface area contributed by atoms with E-state index in [1.54, 1.807) is 36.4 Å². The number of hydrogen-bond donors (Lipinski definition) is 2. The number of carbonyl (C=O) groups excluding carboxylic acids is 1. The number of amides is 1. The van der Waals surface area contributed by atoms with Crippen LogP contribution in [-0.2, 0) is 0 Å². The number of benzene rings is 2. The van der Waals surface area contributed by atoms with E-state index in [0.29, 0.717) is 22.5 Å². The molecule has 0 fully saturated rings. The third kappa shape index (κ3) is 2.72. The number of anilines is 2. The van der Waals surface area contributed by atoms with Crippen LogP contribution < -0.4 is 11.1 Å². The van der Waals surface area contributed by atoms with Gasteiger partial charge in [0.2, 0.25) is 0 Å². The third-order valence-corrected chi connectivity index (χ3v) is 2.82. The average Bonchev–Trinajstić information content (AvgIpc) is 2.42. The van der Waals surface area contributed by atoms with E-state index in [9.17, 15) is 4.79 Å². The van der Waals surface area contributed by atoms with Crippen molar-refractivity contribution in [2.24, 2.45) is 0 Å². The summed E-state index contributed by atoms with van der Waals surface area (Å²) in [4.78, 5) is 12.1. The molecule has 0 saturated carbocycles. The zero-order valence-electron chi connectivity index (χ0n) is 10.5. The number of hydrogen-bond acceptors (Lipinski definition) is 3. The van der Waals surface area contributed by atoms with Crippen molar-refractivity contribution >= 4 is 17.3 Å². The highest BCUT2D eigenvalue weighted by atomic mass is 16.1. The summed E-state index contributed by atoms with van der Waals surface area (Å²) in [5, 5.41) is 11.5. The predicted molar refractivity (Wildman–Crippen MR) is 74.7 cm³/mol. The summed E-state index contributed by atoms with van der Waals surface area (Å²) in [6.07, 6.45) is 0. The molecule has 2 rings (SSSR count). The van der Waals surface area contributed by atoms with Crippen molar-refractivity contribution in [3.63, 3.8) is 0 Å². The molecule has 2 aromatic rings. The lowest BCUT2D eigenvalue weighted by Crippen LogP contribution is -2.14. The summed E-state index contributed by atoms with van der Waals surface area (Å²) < 4.78 is 0. The van der Waals surface area contributed by atoms with E-state index in [4.69, 9.17) is 11.0 Å². The molecule has 1 amide bonds. The molecule has 4 heteroatoms. The number of nitrogens with two attached hydrogens (primary N) is 1. The Labute approximate surface area is 111 Å². The van der Waals surface area contributed by atoms with Gasteiger partial charge in [0.05, 0.1) is 17.2 Å². The van der Waals surface area contributed by atoms with Crippen molar-refractivity contribution in [3.8, 4) is 6.07 Å². The Morgan fingerprint density at radius 3 is 2.74 bits per heavy atom. The van der Waals surface area contributed by atoms with Crippen LogP contribution in [0.25, 0.3) is 0 Å². The molecule has 0 spiro atoms. The van der Waals surface area contributed by atoms with Crippen LogP contribution in [-0.4, -0.2) is 5.91 Å². The van der Waals surface area contributed by atoms with Crippen molar-refractivity contribution in [2.75, 3.05) is 11.1 Å². The minimum atomic E-state index is -0.281. The van der Waals surface area contributed by atoms with E-state index in [0.717, 1.165) is 5.56 Å². The lowest BCUT2D eigenvalue weighted by atomic mass is 10.1. The van der Waals surface area contributed by atoms with Crippen LogP contribution in [0.2, 0.25) is 0 Å². The van der Waals surface area contributed by atoms with E-state index < -0.39 is 0 Å². The molecule has 0 unspecified atom stereocenters. The van der Waals surface area contributed by atoms with Gasteiger partial charge in [-0.3, -0.25) is 4.79 Å². The fourth-order valence-corrected chi connectivity index (χ4v) is 1.74. The smallest absolute Gasteiger partial charge is 0.257 e. The summed E-state index contributed by atoms with van der Waals surface area (Å²) in [6.45, 7) is 1.85. The van der Waals surface area contributed by atoms with E-state index in [-0.39, 0.29) is 5.91 Å². The first-order valence-corrected chi connectivity index (χ1v) is 5.78. The zero-order chi connectivity index (χ0) is 13.8. The number of carbonyl (C=O) groups is 1. The molecule has 19 heavy (non-hydrogen) atoms. The van der Waals surface area contributed by atoms with Crippen LogP contribution >= 0.6 is 0 Å². The van der Waals surface area contributed by atoms with Gasteiger partial charge in [-0.2, -0.15) is 5.26 Å². The maximum Gasteiger partial charge on any atom is 0.257 e. The largest absolute Gasteiger partial charge is 0.398 e. The molecule has 3 N–H and O–H groups in total. The Morgan fingerprint density at radius 1 is 1.26 bits per heavy atom. The number of rotatable bonds is 2. The molecule has 0 atom stereocenters. The highest BCUT2D eigenvalue weighted by Crippen LogP contribution is 2.18. The topological polar surface area (TPSA) is 78.9 Å². The summed E-state index contributed by atoms with van der Waals surface area (Å²) >= 11 is 0. The van der Waals surface area contributed by atoms with Gasteiger partial charge in [0.15, 0.2) is 0 Å². The second-order valence-electron chi connectivity index (χ2n) is 4.18. The van der Waals surface area contributed by atoms with E-state index in [1.807, 2.05) is 19.1 Å². The molecule has 0 radical (unpaired) electrons. The van der Waals surface area contributed by atoms with Gasteiger partial charge in [0, 0.05) is 11.4 Å². The molecule has 0 aliphatic rings. The molecule has 0 aliphatic carbocycles. The molecule has 0 bridgehead atoms. The van der Waals surface area contributed by atoms with Crippen molar-refractivity contribution in [1.29, 1.82) is 5.26 Å². The Bertz CT molecular complexity index is 671. The Kier molecular flexibility index (Phi) is 3.48. The van der Waals surface area contributed by atoms with Crippen LogP contribution in [0.5, 0.6) is 0 Å². The minimum absolute atomic E-state index is 0.281. The standard InChI is InChI=1S/C15H13N3O/c1-10-4-2-7-13(14(10)17)15(19)18-12-6-3-5-11(8-12)9-16/h2-8H,17H2,1H3,(H,18,19). The first kappa shape index (κ1) is 12.7. The van der Waals surface area contributed by atoms with Gasteiger partial charge < -0.3 is 11.1 Å². The van der Waals surface area contributed by atoms with Gasteiger partial charge in [-0.25, -0.2) is 0 Å². The fraction of sp³-hybridized carbons (Fsp3) is 0.0667. The third-order valence-electron chi connectivity index (χ3n) is 2.82. The summed E-state index contributed by atoms with van der Waals surface area (Å²) in [6, 6.07) is 14.1. The lowest BCUT2D eigenvalue weighted by Gasteiger charge is -2.09. The lowest BCUT2D eigenvalue weighted by molar-refractivity contribution is 0.102. The Hall–Kier alpha value is -2.80. The quantitative estimate of drug-likeness (QED) is 0.805. The van der Waals surface area contributed by atoms with Gasteiger partial charge in [0.1, 0.15) is 0 Å². The highest BCUT2D eigenvalue weighted by Gasteiger charge is 2.11. The van der Waals surface area contributed by atoms with Crippen molar-refractivity contribution < 1.29 is 4.79 Å². The molecular weight excluding hydrogens is 238 g/mol. The van der Waals surface area contributed by atoms with E-state index in [2.05, 4.69) is 5.32 Å². The molecule has 94 valence electrons. The maximum atomic E-state index is 12.1. The number of para-hydroxylation sites is 1. The van der Waals surface area contributed by atoms with E-state index >= 15 is 0 Å². The molecular formula is C15H13N3O. The summed E-state index contributed by atoms with van der Waals surface area (Å²) in [5.41, 5.74) is 8.71. The summed E-state index contributed by atoms with van der Waals surface area (Å²) in [5.74, 6) is -0.281. The van der Waals surface area contributed by atoms with E-state index in [1.165, 1.54) is 0 Å². The monoisotopic (exact) mass is 251 g/mol. The average molecular weight is 251 g/mol. The van der Waals surface area contributed by atoms with Crippen molar-refractivity contribution in [1.82, 2.24) is 0 Å². The SMILES string of the molecule is Cc1cccc(C(=O)Nc2cccc(C#N)c2)c1N. The molecule has 0 aliphatic heterocycles. The van der Waals surface area contributed by atoms with Gasteiger partial charge in [-0.15, -0.1) is 0 Å². The van der Waals surface area contributed by atoms with Crippen molar-refractivity contribution in [2.45, 2.75) is 6.92 Å². The fourth-order valence-electron chi connectivity index (χ4n) is 1.74. The van der Waals surface area contributed by atoms with Crippen LogP contribution in [0.1, 0.15) is 21.5 Å². The molecule has 0 aromatic heterocycles. The Morgan fingerprint density at radius 2 is 2.00 bits per heavy atom. The number of nitriles is 1. The zero-order valence-corrected chi connectivity index (χ0v) is 10.5. The first-order chi connectivity index (χ1) is 9.11. The summed E-state index contributed by atoms with van der Waals surface area (Å²) in [7, 11) is 0. The number of nitrogens with one attached hydrogen (secondary N) is 1. The first-order valence-electron chi connectivity index (χ1n) is 5.78. The van der Waals surface area contributed by atoms with Crippen LogP contribution in [0.15, 0.2) is 42.5 Å². The maximum absolute atomic E-state index is 12.1. The Balaban J connectivity index is 2.26. The highest BCUT2D eigenvalue weighted by molar-refractivity contribution is 6.08. The van der Waals surface area contributed by atoms with Crippen LogP contribution in [0.4, 0.5) is 11.4 Å². The second kappa shape index (κ2) is 5.23.